The van der Waals surface area contributed by atoms with Gasteiger partial charge in [-0.1, -0.05) is 17.7 Å². The van der Waals surface area contributed by atoms with Crippen molar-refractivity contribution in [3.63, 3.8) is 0 Å². The van der Waals surface area contributed by atoms with Crippen molar-refractivity contribution < 1.29 is 4.39 Å². The highest BCUT2D eigenvalue weighted by molar-refractivity contribution is 5.53. The molecule has 14 heavy (non-hydrogen) atoms. The molecule has 0 spiro atoms. The van der Waals surface area contributed by atoms with Crippen molar-refractivity contribution >= 4 is 0 Å². The van der Waals surface area contributed by atoms with Gasteiger partial charge in [0.05, 0.1) is 0 Å². The van der Waals surface area contributed by atoms with E-state index in [1.807, 2.05) is 12.3 Å². The summed E-state index contributed by atoms with van der Waals surface area (Å²) in [5, 5.41) is 0. The van der Waals surface area contributed by atoms with Gasteiger partial charge in [0.1, 0.15) is 5.83 Å². The van der Waals surface area contributed by atoms with Gasteiger partial charge in [-0.25, -0.2) is 9.82 Å². The molecule has 3 aliphatic rings. The summed E-state index contributed by atoms with van der Waals surface area (Å²) in [7, 11) is 0. The fourth-order valence-corrected chi connectivity index (χ4v) is 2.05. The topological polar surface area (TPSA) is 24.1 Å². The minimum Gasteiger partial charge on any atom is -0.328 e. The van der Waals surface area contributed by atoms with Crippen LogP contribution in [0.2, 0.25) is 0 Å². The highest BCUT2D eigenvalue weighted by atomic mass is 19.1. The summed E-state index contributed by atoms with van der Waals surface area (Å²) in [5.74, 6) is 0.244. The molecule has 1 heterocycles. The molecule has 3 rings (SSSR count). The Balaban J connectivity index is 2.03. The van der Waals surface area contributed by atoms with E-state index in [0.717, 1.165) is 17.6 Å². The van der Waals surface area contributed by atoms with Crippen LogP contribution in [0.3, 0.4) is 0 Å². The molecule has 3 heteroatoms. The van der Waals surface area contributed by atoms with E-state index in [1.54, 1.807) is 12.2 Å². The van der Waals surface area contributed by atoms with Gasteiger partial charge >= 0.3 is 0 Å². The molecule has 2 N–H and O–H groups in total. The van der Waals surface area contributed by atoms with Gasteiger partial charge < -0.3 is 5.43 Å². The number of allylic oxidation sites excluding steroid dienone is 5. The Bertz CT molecular complexity index is 402. The fraction of sp³-hybridized carbons (Fsp3) is 0.273. The highest BCUT2D eigenvalue weighted by Crippen LogP contribution is 2.48. The number of hydrazine groups is 1. The average Bonchev–Trinajstić information content (AvgIpc) is 2.73. The monoisotopic (exact) mass is 190 g/mol. The Morgan fingerprint density at radius 1 is 1.43 bits per heavy atom. The first-order chi connectivity index (χ1) is 6.86. The largest absolute Gasteiger partial charge is 0.328 e. The molecule has 0 aromatic rings. The molecule has 1 unspecified atom stereocenters. The first kappa shape index (κ1) is 8.00. The van der Waals surface area contributed by atoms with Gasteiger partial charge in [-0.05, 0) is 18.1 Å². The minimum absolute atomic E-state index is 0.0875. The second-order valence-electron chi connectivity index (χ2n) is 3.79. The van der Waals surface area contributed by atoms with Crippen LogP contribution in [0.25, 0.3) is 0 Å². The zero-order valence-corrected chi connectivity index (χ0v) is 7.68. The minimum atomic E-state index is -0.0875. The van der Waals surface area contributed by atoms with Gasteiger partial charge in [0.25, 0.3) is 0 Å². The van der Waals surface area contributed by atoms with Crippen LogP contribution in [-0.2, 0) is 0 Å². The summed E-state index contributed by atoms with van der Waals surface area (Å²) in [6.07, 6.45) is 8.24. The Morgan fingerprint density at radius 2 is 2.36 bits per heavy atom. The number of fused-ring (bicyclic) bond motifs is 1. The second kappa shape index (κ2) is 2.82. The quantitative estimate of drug-likeness (QED) is 0.657. The summed E-state index contributed by atoms with van der Waals surface area (Å²) in [6.45, 7) is 0.709. The Kier molecular flexibility index (Phi) is 1.61. The lowest BCUT2D eigenvalue weighted by atomic mass is 10.0. The zero-order chi connectivity index (χ0) is 9.54. The van der Waals surface area contributed by atoms with Crippen LogP contribution in [0.15, 0.2) is 47.0 Å². The summed E-state index contributed by atoms with van der Waals surface area (Å²) < 4.78 is 13.7. The lowest BCUT2D eigenvalue weighted by molar-refractivity contribution is 0.645. The van der Waals surface area contributed by atoms with E-state index in [-0.39, 0.29) is 5.83 Å². The standard InChI is InChI=1S/C11H11FN2/c12-10-3-1-2-7-4-9(7)11(10)8-5-13-14-6-8/h1-3,5,9,13-14H,4,6H2. The van der Waals surface area contributed by atoms with Crippen molar-refractivity contribution in [3.05, 3.63) is 47.0 Å². The summed E-state index contributed by atoms with van der Waals surface area (Å²) in [6, 6.07) is 0. The Morgan fingerprint density at radius 3 is 3.14 bits per heavy atom. The third-order valence-electron chi connectivity index (χ3n) is 2.86. The molecule has 1 atom stereocenters. The van der Waals surface area contributed by atoms with Crippen LogP contribution >= 0.6 is 0 Å². The second-order valence-corrected chi connectivity index (χ2v) is 3.79. The first-order valence-electron chi connectivity index (χ1n) is 4.81. The van der Waals surface area contributed by atoms with E-state index < -0.39 is 0 Å². The van der Waals surface area contributed by atoms with E-state index in [2.05, 4.69) is 10.9 Å². The summed E-state index contributed by atoms with van der Waals surface area (Å²) in [5.41, 5.74) is 9.11. The van der Waals surface area contributed by atoms with E-state index >= 15 is 0 Å². The third kappa shape index (κ3) is 1.13. The van der Waals surface area contributed by atoms with Crippen LogP contribution in [0, 0.1) is 5.92 Å². The molecule has 2 aliphatic carbocycles. The van der Waals surface area contributed by atoms with E-state index in [9.17, 15) is 4.39 Å². The maximum absolute atomic E-state index is 13.7. The van der Waals surface area contributed by atoms with Crippen molar-refractivity contribution in [1.82, 2.24) is 10.9 Å². The van der Waals surface area contributed by atoms with Crippen molar-refractivity contribution in [2.75, 3.05) is 6.54 Å². The van der Waals surface area contributed by atoms with Crippen molar-refractivity contribution in [2.24, 2.45) is 5.92 Å². The third-order valence-corrected chi connectivity index (χ3v) is 2.86. The number of nitrogens with one attached hydrogen (secondary N) is 2. The first-order valence-corrected chi connectivity index (χ1v) is 4.81. The molecular weight excluding hydrogens is 179 g/mol. The summed E-state index contributed by atoms with van der Waals surface area (Å²) >= 11 is 0. The molecule has 1 saturated carbocycles. The zero-order valence-electron chi connectivity index (χ0n) is 7.68. The molecule has 0 aromatic heterocycles. The SMILES string of the molecule is FC1=C(C2=CNNC2)C2CC2=CC=C1. The van der Waals surface area contributed by atoms with Crippen molar-refractivity contribution in [1.29, 1.82) is 0 Å². The predicted molar refractivity (Wildman–Crippen MR) is 52.7 cm³/mol. The highest BCUT2D eigenvalue weighted by Gasteiger charge is 2.37. The van der Waals surface area contributed by atoms with E-state index in [1.165, 1.54) is 5.57 Å². The summed E-state index contributed by atoms with van der Waals surface area (Å²) in [4.78, 5) is 0. The molecule has 1 aliphatic heterocycles. The molecule has 0 radical (unpaired) electrons. The molecule has 0 bridgehead atoms. The molecule has 0 saturated heterocycles. The van der Waals surface area contributed by atoms with Gasteiger partial charge in [-0.15, -0.1) is 0 Å². The van der Waals surface area contributed by atoms with Gasteiger partial charge in [0.2, 0.25) is 0 Å². The predicted octanol–water partition coefficient (Wildman–Crippen LogP) is 1.72. The Labute approximate surface area is 81.8 Å². The van der Waals surface area contributed by atoms with Crippen LogP contribution in [0.4, 0.5) is 4.39 Å². The number of hydrogen-bond acceptors (Lipinski definition) is 2. The van der Waals surface area contributed by atoms with Crippen LogP contribution in [-0.4, -0.2) is 6.54 Å². The molecule has 0 amide bonds. The van der Waals surface area contributed by atoms with Crippen LogP contribution < -0.4 is 10.9 Å². The number of halogens is 1. The van der Waals surface area contributed by atoms with Gasteiger partial charge in [-0.2, -0.15) is 0 Å². The fourth-order valence-electron chi connectivity index (χ4n) is 2.05. The molecule has 0 aromatic carbocycles. The van der Waals surface area contributed by atoms with E-state index in [4.69, 9.17) is 0 Å². The molecule has 1 fully saturated rings. The van der Waals surface area contributed by atoms with Crippen molar-refractivity contribution in [3.8, 4) is 0 Å². The van der Waals surface area contributed by atoms with Gasteiger partial charge in [-0.3, -0.25) is 0 Å². The number of hydrogen-bond donors (Lipinski definition) is 2. The van der Waals surface area contributed by atoms with Crippen LogP contribution in [0.5, 0.6) is 0 Å². The van der Waals surface area contributed by atoms with Crippen LogP contribution in [0.1, 0.15) is 6.42 Å². The Hall–Kier alpha value is -1.35. The molecule has 2 nitrogen and oxygen atoms in total. The van der Waals surface area contributed by atoms with Crippen molar-refractivity contribution in [2.45, 2.75) is 6.42 Å². The van der Waals surface area contributed by atoms with Gasteiger partial charge in [0, 0.05) is 24.2 Å². The normalized spacial score (nSPS) is 29.1. The average molecular weight is 190 g/mol. The maximum Gasteiger partial charge on any atom is 0.127 e. The van der Waals surface area contributed by atoms with Gasteiger partial charge in [0.15, 0.2) is 0 Å². The molecular formula is C11H11FN2. The lowest BCUT2D eigenvalue weighted by Gasteiger charge is -2.05. The molecule has 72 valence electrons. The number of rotatable bonds is 1. The maximum atomic E-state index is 13.7. The lowest BCUT2D eigenvalue weighted by Crippen LogP contribution is -2.20. The van der Waals surface area contributed by atoms with E-state index in [0.29, 0.717) is 12.5 Å². The smallest absolute Gasteiger partial charge is 0.127 e.